The molecular weight excluding hydrogens is 517 g/mol. The fourth-order valence-electron chi connectivity index (χ4n) is 2.83. The van der Waals surface area contributed by atoms with Crippen LogP contribution < -0.4 is 21.3 Å². The van der Waals surface area contributed by atoms with Gasteiger partial charge in [-0.3, -0.25) is 9.59 Å². The van der Waals surface area contributed by atoms with Gasteiger partial charge < -0.3 is 21.3 Å². The van der Waals surface area contributed by atoms with Crippen molar-refractivity contribution in [2.75, 3.05) is 25.5 Å². The highest BCUT2D eigenvalue weighted by molar-refractivity contribution is 14.0. The number of guanidine groups is 1. The lowest BCUT2D eigenvalue weighted by molar-refractivity contribution is -0.118. The van der Waals surface area contributed by atoms with E-state index in [1.807, 2.05) is 63.2 Å². The third kappa shape index (κ3) is 9.25. The lowest BCUT2D eigenvalue weighted by Crippen LogP contribution is -2.38. The van der Waals surface area contributed by atoms with Crippen molar-refractivity contribution in [1.29, 1.82) is 0 Å². The van der Waals surface area contributed by atoms with E-state index in [0.717, 1.165) is 35.7 Å². The summed E-state index contributed by atoms with van der Waals surface area (Å²) in [6, 6.07) is 15.3. The van der Waals surface area contributed by atoms with Crippen LogP contribution in [0.15, 0.2) is 53.5 Å². The van der Waals surface area contributed by atoms with Crippen LogP contribution in [0.2, 0.25) is 0 Å². The Morgan fingerprint density at radius 1 is 1.00 bits per heavy atom. The van der Waals surface area contributed by atoms with Gasteiger partial charge in [0.15, 0.2) is 5.96 Å². The molecule has 0 radical (unpaired) electrons. The number of rotatable bonds is 9. The standard InChI is InChI=1S/C24H33N5O2.HI/c1-5-26-24(27-14-13-18-7-6-8-20(15-18)23(31)25-4)28-16-19-9-11-21(12-10-19)29-22(30)17(2)3;/h6-12,15,17H,5,13-14,16H2,1-4H3,(H,25,31)(H,29,30)(H2,26,27,28);1H. The summed E-state index contributed by atoms with van der Waals surface area (Å²) in [5.41, 5.74) is 3.59. The number of halogens is 1. The minimum absolute atomic E-state index is 0. The summed E-state index contributed by atoms with van der Waals surface area (Å²) in [6.45, 7) is 7.75. The van der Waals surface area contributed by atoms with Gasteiger partial charge in [-0.05, 0) is 48.7 Å². The summed E-state index contributed by atoms with van der Waals surface area (Å²) in [7, 11) is 1.63. The topological polar surface area (TPSA) is 94.6 Å². The van der Waals surface area contributed by atoms with E-state index in [4.69, 9.17) is 0 Å². The maximum absolute atomic E-state index is 11.8. The van der Waals surface area contributed by atoms with Gasteiger partial charge in [0.25, 0.3) is 5.91 Å². The number of aliphatic imine (C=N–C) groups is 1. The zero-order valence-electron chi connectivity index (χ0n) is 19.2. The quantitative estimate of drug-likeness (QED) is 0.218. The van der Waals surface area contributed by atoms with E-state index in [-0.39, 0.29) is 41.7 Å². The Morgan fingerprint density at radius 2 is 1.72 bits per heavy atom. The fourth-order valence-corrected chi connectivity index (χ4v) is 2.83. The molecule has 0 saturated heterocycles. The van der Waals surface area contributed by atoms with E-state index in [1.165, 1.54) is 0 Å². The summed E-state index contributed by atoms with van der Waals surface area (Å²) in [5.74, 6) is 0.608. The van der Waals surface area contributed by atoms with E-state index in [0.29, 0.717) is 18.7 Å². The zero-order chi connectivity index (χ0) is 22.6. The number of hydrogen-bond acceptors (Lipinski definition) is 3. The summed E-state index contributed by atoms with van der Waals surface area (Å²) in [4.78, 5) is 28.2. The van der Waals surface area contributed by atoms with Crippen molar-refractivity contribution >= 4 is 47.4 Å². The number of nitrogens with one attached hydrogen (secondary N) is 4. The first-order valence-corrected chi connectivity index (χ1v) is 10.7. The smallest absolute Gasteiger partial charge is 0.251 e. The minimum Gasteiger partial charge on any atom is -0.357 e. The van der Waals surface area contributed by atoms with Crippen molar-refractivity contribution in [2.24, 2.45) is 10.9 Å². The van der Waals surface area contributed by atoms with Gasteiger partial charge in [0, 0.05) is 37.3 Å². The molecule has 2 rings (SSSR count). The molecule has 174 valence electrons. The average Bonchev–Trinajstić information content (AvgIpc) is 2.78. The van der Waals surface area contributed by atoms with Crippen molar-refractivity contribution in [3.63, 3.8) is 0 Å². The number of nitrogens with zero attached hydrogens (tertiary/aromatic N) is 1. The Bertz CT molecular complexity index is 898. The van der Waals surface area contributed by atoms with Gasteiger partial charge in [0.2, 0.25) is 5.91 Å². The molecule has 0 spiro atoms. The molecule has 0 aliphatic heterocycles. The van der Waals surface area contributed by atoms with Gasteiger partial charge in [-0.1, -0.05) is 38.1 Å². The van der Waals surface area contributed by atoms with Crippen LogP contribution in [-0.4, -0.2) is 37.9 Å². The van der Waals surface area contributed by atoms with Crippen LogP contribution in [-0.2, 0) is 17.8 Å². The largest absolute Gasteiger partial charge is 0.357 e. The Morgan fingerprint density at radius 3 is 2.34 bits per heavy atom. The van der Waals surface area contributed by atoms with E-state index >= 15 is 0 Å². The fraction of sp³-hybridized carbons (Fsp3) is 0.375. The molecule has 0 aliphatic rings. The molecule has 0 saturated carbocycles. The Labute approximate surface area is 207 Å². The van der Waals surface area contributed by atoms with E-state index in [1.54, 1.807) is 13.1 Å². The van der Waals surface area contributed by atoms with Gasteiger partial charge in [-0.15, -0.1) is 24.0 Å². The molecule has 0 bridgehead atoms. The first-order chi connectivity index (χ1) is 14.9. The van der Waals surface area contributed by atoms with Crippen LogP contribution in [0.25, 0.3) is 0 Å². The molecule has 0 aromatic heterocycles. The first kappa shape index (κ1) is 27.4. The molecular formula is C24H34IN5O2. The second kappa shape index (κ2) is 14.4. The van der Waals surface area contributed by atoms with Crippen molar-refractivity contribution in [3.05, 3.63) is 65.2 Å². The summed E-state index contributed by atoms with van der Waals surface area (Å²) >= 11 is 0. The lowest BCUT2D eigenvalue weighted by atomic mass is 10.1. The van der Waals surface area contributed by atoms with Crippen molar-refractivity contribution in [2.45, 2.75) is 33.7 Å². The highest BCUT2D eigenvalue weighted by atomic mass is 127. The molecule has 0 unspecified atom stereocenters. The van der Waals surface area contributed by atoms with E-state index < -0.39 is 0 Å². The molecule has 0 atom stereocenters. The molecule has 2 amide bonds. The average molecular weight is 551 g/mol. The Hall–Kier alpha value is -2.62. The van der Waals surface area contributed by atoms with Crippen LogP contribution >= 0.6 is 24.0 Å². The predicted octanol–water partition coefficient (Wildman–Crippen LogP) is 3.56. The van der Waals surface area contributed by atoms with Gasteiger partial charge in [-0.2, -0.15) is 0 Å². The number of benzene rings is 2. The third-order valence-electron chi connectivity index (χ3n) is 4.63. The Kier molecular flexibility index (Phi) is 12.4. The van der Waals surface area contributed by atoms with Gasteiger partial charge in [0.1, 0.15) is 0 Å². The van der Waals surface area contributed by atoms with Crippen LogP contribution in [0.4, 0.5) is 5.69 Å². The molecule has 7 nitrogen and oxygen atoms in total. The third-order valence-corrected chi connectivity index (χ3v) is 4.63. The highest BCUT2D eigenvalue weighted by Gasteiger charge is 2.07. The van der Waals surface area contributed by atoms with Crippen LogP contribution in [0.1, 0.15) is 42.3 Å². The number of hydrogen-bond donors (Lipinski definition) is 4. The van der Waals surface area contributed by atoms with Crippen molar-refractivity contribution in [1.82, 2.24) is 16.0 Å². The molecule has 2 aromatic rings. The van der Waals surface area contributed by atoms with E-state index in [9.17, 15) is 9.59 Å². The first-order valence-electron chi connectivity index (χ1n) is 10.7. The molecule has 0 fully saturated rings. The SMILES string of the molecule is CCNC(=NCc1ccc(NC(=O)C(C)C)cc1)NCCc1cccc(C(=O)NC)c1.I. The maximum atomic E-state index is 11.8. The van der Waals surface area contributed by atoms with Crippen LogP contribution in [0, 0.1) is 5.92 Å². The maximum Gasteiger partial charge on any atom is 0.251 e. The summed E-state index contributed by atoms with van der Waals surface area (Å²) in [5, 5.41) is 12.1. The minimum atomic E-state index is -0.0838. The molecule has 0 aliphatic carbocycles. The van der Waals surface area contributed by atoms with Gasteiger partial charge >= 0.3 is 0 Å². The normalized spacial score (nSPS) is 10.8. The van der Waals surface area contributed by atoms with E-state index in [2.05, 4.69) is 26.3 Å². The van der Waals surface area contributed by atoms with Crippen molar-refractivity contribution in [3.8, 4) is 0 Å². The molecule has 4 N–H and O–H groups in total. The zero-order valence-corrected chi connectivity index (χ0v) is 21.5. The number of carbonyl (C=O) groups excluding carboxylic acids is 2. The molecule has 32 heavy (non-hydrogen) atoms. The molecule has 2 aromatic carbocycles. The summed E-state index contributed by atoms with van der Waals surface area (Å²) < 4.78 is 0. The van der Waals surface area contributed by atoms with Crippen molar-refractivity contribution < 1.29 is 9.59 Å². The van der Waals surface area contributed by atoms with Crippen LogP contribution in [0.3, 0.4) is 0 Å². The van der Waals surface area contributed by atoms with Gasteiger partial charge in [-0.25, -0.2) is 4.99 Å². The summed E-state index contributed by atoms with van der Waals surface area (Å²) in [6.07, 6.45) is 0.777. The molecule has 8 heteroatoms. The molecule has 0 heterocycles. The van der Waals surface area contributed by atoms with Crippen LogP contribution in [0.5, 0.6) is 0 Å². The number of anilines is 1. The second-order valence-corrected chi connectivity index (χ2v) is 7.49. The second-order valence-electron chi connectivity index (χ2n) is 7.49. The Balaban J connectivity index is 0.00000512. The number of carbonyl (C=O) groups is 2. The number of amides is 2. The highest BCUT2D eigenvalue weighted by Crippen LogP contribution is 2.12. The predicted molar refractivity (Wildman–Crippen MR) is 142 cm³/mol. The monoisotopic (exact) mass is 551 g/mol. The lowest BCUT2D eigenvalue weighted by Gasteiger charge is -2.12. The van der Waals surface area contributed by atoms with Gasteiger partial charge in [0.05, 0.1) is 6.54 Å².